The van der Waals surface area contributed by atoms with Crippen LogP contribution >= 0.6 is 0 Å². The normalized spacial score (nSPS) is 21.9. The van der Waals surface area contributed by atoms with Crippen LogP contribution in [0, 0.1) is 5.92 Å². The van der Waals surface area contributed by atoms with E-state index >= 15 is 0 Å². The van der Waals surface area contributed by atoms with Gasteiger partial charge < -0.3 is 10.2 Å². The average molecular weight is 226 g/mol. The molecule has 1 heterocycles. The quantitative estimate of drug-likeness (QED) is 0.795. The van der Waals surface area contributed by atoms with E-state index in [0.29, 0.717) is 11.9 Å². The molecule has 0 aliphatic carbocycles. The van der Waals surface area contributed by atoms with E-state index in [9.17, 15) is 4.79 Å². The SMILES string of the molecule is CCC(CC)C(=O)N(C)C1CCCNCC1. The topological polar surface area (TPSA) is 32.3 Å². The minimum atomic E-state index is 0.223. The first-order chi connectivity index (χ1) is 7.70. The van der Waals surface area contributed by atoms with E-state index in [2.05, 4.69) is 19.2 Å². The third-order valence-electron chi connectivity index (χ3n) is 3.78. The molecule has 1 atom stereocenters. The number of hydrogen-bond acceptors (Lipinski definition) is 2. The Balaban J connectivity index is 2.53. The van der Waals surface area contributed by atoms with E-state index in [1.165, 1.54) is 6.42 Å². The third-order valence-corrected chi connectivity index (χ3v) is 3.78. The van der Waals surface area contributed by atoms with Gasteiger partial charge in [-0.2, -0.15) is 0 Å². The van der Waals surface area contributed by atoms with Gasteiger partial charge in [-0.1, -0.05) is 13.8 Å². The second-order valence-electron chi connectivity index (χ2n) is 4.80. The van der Waals surface area contributed by atoms with Gasteiger partial charge in [0.05, 0.1) is 0 Å². The van der Waals surface area contributed by atoms with Gasteiger partial charge in [-0.25, -0.2) is 0 Å². The highest BCUT2D eigenvalue weighted by molar-refractivity contribution is 5.78. The summed E-state index contributed by atoms with van der Waals surface area (Å²) in [5.74, 6) is 0.568. The molecule has 1 rings (SSSR count). The smallest absolute Gasteiger partial charge is 0.225 e. The first kappa shape index (κ1) is 13.5. The second kappa shape index (κ2) is 6.89. The Bertz CT molecular complexity index is 206. The molecular weight excluding hydrogens is 200 g/mol. The van der Waals surface area contributed by atoms with Gasteiger partial charge in [-0.05, 0) is 45.2 Å². The number of carbonyl (C=O) groups is 1. The highest BCUT2D eigenvalue weighted by Gasteiger charge is 2.25. The zero-order chi connectivity index (χ0) is 12.0. The van der Waals surface area contributed by atoms with E-state index in [4.69, 9.17) is 0 Å². The van der Waals surface area contributed by atoms with E-state index in [-0.39, 0.29) is 5.92 Å². The third kappa shape index (κ3) is 3.48. The van der Waals surface area contributed by atoms with Crippen molar-refractivity contribution in [2.24, 2.45) is 5.92 Å². The van der Waals surface area contributed by atoms with Crippen molar-refractivity contribution in [2.75, 3.05) is 20.1 Å². The summed E-state index contributed by atoms with van der Waals surface area (Å²) in [5.41, 5.74) is 0. The number of amides is 1. The molecule has 0 radical (unpaired) electrons. The molecule has 3 heteroatoms. The van der Waals surface area contributed by atoms with Crippen molar-refractivity contribution in [1.82, 2.24) is 10.2 Å². The molecule has 1 fully saturated rings. The molecule has 0 aromatic carbocycles. The van der Waals surface area contributed by atoms with Crippen LogP contribution in [0.1, 0.15) is 46.0 Å². The summed E-state index contributed by atoms with van der Waals surface area (Å²) in [6, 6.07) is 0.447. The highest BCUT2D eigenvalue weighted by atomic mass is 16.2. The zero-order valence-electron chi connectivity index (χ0n) is 11.0. The average Bonchev–Trinajstić information content (AvgIpc) is 2.58. The fourth-order valence-corrected chi connectivity index (χ4v) is 2.49. The van der Waals surface area contributed by atoms with Crippen molar-refractivity contribution in [3.8, 4) is 0 Å². The lowest BCUT2D eigenvalue weighted by Gasteiger charge is -2.30. The molecular formula is C13H26N2O. The van der Waals surface area contributed by atoms with E-state index in [1.807, 2.05) is 11.9 Å². The van der Waals surface area contributed by atoms with Crippen molar-refractivity contribution in [1.29, 1.82) is 0 Å². The van der Waals surface area contributed by atoms with Crippen molar-refractivity contribution in [2.45, 2.75) is 52.0 Å². The van der Waals surface area contributed by atoms with Crippen LogP contribution in [0.4, 0.5) is 0 Å². The van der Waals surface area contributed by atoms with Crippen LogP contribution in [0.3, 0.4) is 0 Å². The first-order valence-corrected chi connectivity index (χ1v) is 6.68. The monoisotopic (exact) mass is 226 g/mol. The van der Waals surface area contributed by atoms with Crippen LogP contribution < -0.4 is 5.32 Å². The Hall–Kier alpha value is -0.570. The molecule has 16 heavy (non-hydrogen) atoms. The van der Waals surface area contributed by atoms with Crippen LogP contribution in [0.15, 0.2) is 0 Å². The van der Waals surface area contributed by atoms with Gasteiger partial charge in [0.15, 0.2) is 0 Å². The molecule has 0 bridgehead atoms. The number of rotatable bonds is 4. The fraction of sp³-hybridized carbons (Fsp3) is 0.923. The van der Waals surface area contributed by atoms with Gasteiger partial charge in [0.25, 0.3) is 0 Å². The summed E-state index contributed by atoms with van der Waals surface area (Å²) in [6.07, 6.45) is 5.36. The van der Waals surface area contributed by atoms with Crippen LogP contribution in [-0.2, 0) is 4.79 Å². The lowest BCUT2D eigenvalue weighted by Crippen LogP contribution is -2.40. The molecule has 1 aliphatic rings. The zero-order valence-corrected chi connectivity index (χ0v) is 11.0. The molecule has 94 valence electrons. The van der Waals surface area contributed by atoms with Crippen LogP contribution in [-0.4, -0.2) is 37.0 Å². The predicted molar refractivity (Wildman–Crippen MR) is 67.4 cm³/mol. The Kier molecular flexibility index (Phi) is 5.81. The van der Waals surface area contributed by atoms with Gasteiger partial charge in [0.1, 0.15) is 0 Å². The van der Waals surface area contributed by atoms with Gasteiger partial charge in [-0.3, -0.25) is 4.79 Å². The molecule has 0 spiro atoms. The molecule has 1 aliphatic heterocycles. The molecule has 0 saturated carbocycles. The Morgan fingerprint density at radius 3 is 2.62 bits per heavy atom. The summed E-state index contributed by atoms with van der Waals surface area (Å²) in [7, 11) is 1.98. The number of nitrogens with one attached hydrogen (secondary N) is 1. The molecule has 1 amide bonds. The fourth-order valence-electron chi connectivity index (χ4n) is 2.49. The lowest BCUT2D eigenvalue weighted by molar-refractivity contribution is -0.136. The molecule has 3 nitrogen and oxygen atoms in total. The largest absolute Gasteiger partial charge is 0.342 e. The van der Waals surface area contributed by atoms with Gasteiger partial charge >= 0.3 is 0 Å². The Labute approximate surface area is 99.6 Å². The summed E-state index contributed by atoms with van der Waals surface area (Å²) >= 11 is 0. The molecule has 0 aromatic rings. The standard InChI is InChI=1S/C13H26N2O/c1-4-11(5-2)13(16)15(3)12-7-6-9-14-10-8-12/h11-12,14H,4-10H2,1-3H3. The minimum absolute atomic E-state index is 0.223. The van der Waals surface area contributed by atoms with Crippen molar-refractivity contribution < 1.29 is 4.79 Å². The van der Waals surface area contributed by atoms with E-state index in [1.54, 1.807) is 0 Å². The van der Waals surface area contributed by atoms with Gasteiger partial charge in [0, 0.05) is 19.0 Å². The second-order valence-corrected chi connectivity index (χ2v) is 4.80. The van der Waals surface area contributed by atoms with Crippen molar-refractivity contribution >= 4 is 5.91 Å². The maximum atomic E-state index is 12.2. The molecule has 1 unspecified atom stereocenters. The lowest BCUT2D eigenvalue weighted by atomic mass is 9.99. The maximum Gasteiger partial charge on any atom is 0.225 e. The Morgan fingerprint density at radius 2 is 2.00 bits per heavy atom. The number of nitrogens with zero attached hydrogens (tertiary/aromatic N) is 1. The summed E-state index contributed by atoms with van der Waals surface area (Å²) < 4.78 is 0. The maximum absolute atomic E-state index is 12.2. The van der Waals surface area contributed by atoms with Crippen molar-refractivity contribution in [3.63, 3.8) is 0 Å². The molecule has 1 saturated heterocycles. The summed E-state index contributed by atoms with van der Waals surface area (Å²) in [6.45, 7) is 6.36. The Morgan fingerprint density at radius 1 is 1.31 bits per heavy atom. The molecule has 1 N–H and O–H groups in total. The van der Waals surface area contributed by atoms with Crippen molar-refractivity contribution in [3.05, 3.63) is 0 Å². The van der Waals surface area contributed by atoms with Gasteiger partial charge in [-0.15, -0.1) is 0 Å². The predicted octanol–water partition coefficient (Wildman–Crippen LogP) is 2.02. The van der Waals surface area contributed by atoms with Gasteiger partial charge in [0.2, 0.25) is 5.91 Å². The van der Waals surface area contributed by atoms with E-state index < -0.39 is 0 Å². The number of hydrogen-bond donors (Lipinski definition) is 1. The highest BCUT2D eigenvalue weighted by Crippen LogP contribution is 2.17. The van der Waals surface area contributed by atoms with E-state index in [0.717, 1.165) is 38.8 Å². The van der Waals surface area contributed by atoms with Crippen LogP contribution in [0.5, 0.6) is 0 Å². The van der Waals surface area contributed by atoms with Crippen LogP contribution in [0.2, 0.25) is 0 Å². The molecule has 0 aromatic heterocycles. The number of carbonyl (C=O) groups excluding carboxylic acids is 1. The summed E-state index contributed by atoms with van der Waals surface area (Å²) in [5, 5.41) is 3.39. The van der Waals surface area contributed by atoms with Crippen LogP contribution in [0.25, 0.3) is 0 Å². The summed E-state index contributed by atoms with van der Waals surface area (Å²) in [4.78, 5) is 14.2. The minimum Gasteiger partial charge on any atom is -0.342 e. The first-order valence-electron chi connectivity index (χ1n) is 6.68.